The van der Waals surface area contributed by atoms with E-state index in [-0.39, 0.29) is 5.91 Å². The molecular weight excluding hydrogens is 306 g/mol. The van der Waals surface area contributed by atoms with Gasteiger partial charge in [-0.15, -0.1) is 11.6 Å². The van der Waals surface area contributed by atoms with E-state index >= 15 is 0 Å². The van der Waals surface area contributed by atoms with Crippen molar-refractivity contribution in [2.24, 2.45) is 0 Å². The van der Waals surface area contributed by atoms with Crippen molar-refractivity contribution >= 4 is 29.3 Å². The largest absolute Gasteiger partial charge is 0.277 e. The van der Waals surface area contributed by atoms with Gasteiger partial charge in [0.2, 0.25) is 0 Å². The van der Waals surface area contributed by atoms with Gasteiger partial charge in [-0.3, -0.25) is 9.69 Å². The maximum Gasteiger partial charge on any atom is 0.259 e. The van der Waals surface area contributed by atoms with Crippen LogP contribution in [0.2, 0.25) is 0 Å². The Morgan fingerprint density at radius 2 is 1.61 bits per heavy atom. The minimum absolute atomic E-state index is 0.0246. The van der Waals surface area contributed by atoms with Crippen molar-refractivity contribution in [3.8, 4) is 0 Å². The number of hydrogen-bond acceptors (Lipinski definition) is 1. The first-order valence-electron chi connectivity index (χ1n) is 7.64. The van der Waals surface area contributed by atoms with E-state index < -0.39 is 0 Å². The quantitative estimate of drug-likeness (QED) is 0.723. The Morgan fingerprint density at radius 1 is 1.00 bits per heavy atom. The van der Waals surface area contributed by atoms with Crippen LogP contribution in [-0.4, -0.2) is 11.8 Å². The topological polar surface area (TPSA) is 20.3 Å². The normalized spacial score (nSPS) is 16.5. The molecule has 0 saturated heterocycles. The first-order valence-corrected chi connectivity index (χ1v) is 8.18. The van der Waals surface area contributed by atoms with Crippen molar-refractivity contribution in [2.45, 2.75) is 13.3 Å². The Kier molecular flexibility index (Phi) is 4.63. The van der Waals surface area contributed by atoms with Crippen LogP contribution in [0.4, 0.5) is 5.69 Å². The van der Waals surface area contributed by atoms with Gasteiger partial charge in [0.25, 0.3) is 5.91 Å². The highest BCUT2D eigenvalue weighted by Gasteiger charge is 2.33. The maximum atomic E-state index is 12.9. The van der Waals surface area contributed by atoms with Crippen LogP contribution < -0.4 is 4.90 Å². The Bertz CT molecular complexity index is 763. The number of nitrogens with zero attached hydrogens (tertiary/aromatic N) is 1. The molecule has 0 atom stereocenters. The molecule has 23 heavy (non-hydrogen) atoms. The number of para-hydroxylation sites is 1. The Labute approximate surface area is 141 Å². The SMILES string of the molecule is CC1=C(CCCl)C(=O)N(c2ccccc2)/C1=C\c1ccccc1. The molecule has 0 aromatic heterocycles. The summed E-state index contributed by atoms with van der Waals surface area (Å²) in [5.74, 6) is 0.469. The molecule has 1 amide bonds. The number of rotatable bonds is 4. The highest BCUT2D eigenvalue weighted by atomic mass is 35.5. The number of anilines is 1. The van der Waals surface area contributed by atoms with E-state index in [1.807, 2.05) is 67.6 Å². The van der Waals surface area contributed by atoms with Gasteiger partial charge in [0.15, 0.2) is 0 Å². The van der Waals surface area contributed by atoms with Gasteiger partial charge in [-0.2, -0.15) is 0 Å². The summed E-state index contributed by atoms with van der Waals surface area (Å²) in [7, 11) is 0. The summed E-state index contributed by atoms with van der Waals surface area (Å²) < 4.78 is 0. The summed E-state index contributed by atoms with van der Waals surface area (Å²) in [5.41, 5.74) is 4.67. The zero-order valence-corrected chi connectivity index (χ0v) is 13.8. The van der Waals surface area contributed by atoms with E-state index in [0.717, 1.165) is 28.1 Å². The minimum Gasteiger partial charge on any atom is -0.277 e. The van der Waals surface area contributed by atoms with Crippen LogP contribution >= 0.6 is 11.6 Å². The fourth-order valence-corrected chi connectivity index (χ4v) is 3.02. The second-order valence-electron chi connectivity index (χ2n) is 5.46. The van der Waals surface area contributed by atoms with E-state index in [4.69, 9.17) is 11.6 Å². The van der Waals surface area contributed by atoms with Gasteiger partial charge in [0, 0.05) is 17.1 Å². The molecule has 2 nitrogen and oxygen atoms in total. The number of benzene rings is 2. The van der Waals surface area contributed by atoms with Gasteiger partial charge in [0.1, 0.15) is 0 Å². The third-order valence-electron chi connectivity index (χ3n) is 4.00. The highest BCUT2D eigenvalue weighted by molar-refractivity contribution is 6.19. The van der Waals surface area contributed by atoms with Crippen molar-refractivity contribution in [3.63, 3.8) is 0 Å². The van der Waals surface area contributed by atoms with Gasteiger partial charge in [-0.25, -0.2) is 0 Å². The molecule has 0 fully saturated rings. The van der Waals surface area contributed by atoms with Gasteiger partial charge < -0.3 is 0 Å². The lowest BCUT2D eigenvalue weighted by atomic mass is 10.1. The molecule has 3 rings (SSSR count). The second-order valence-corrected chi connectivity index (χ2v) is 5.84. The molecule has 0 aliphatic carbocycles. The molecule has 2 aromatic rings. The van der Waals surface area contributed by atoms with Crippen molar-refractivity contribution in [2.75, 3.05) is 10.8 Å². The van der Waals surface area contributed by atoms with Crippen molar-refractivity contribution < 1.29 is 4.79 Å². The molecular formula is C20H18ClNO. The Morgan fingerprint density at radius 3 is 2.22 bits per heavy atom. The number of carbonyl (C=O) groups excluding carboxylic acids is 1. The fourth-order valence-electron chi connectivity index (χ4n) is 2.83. The molecule has 0 radical (unpaired) electrons. The molecule has 0 saturated carbocycles. The summed E-state index contributed by atoms with van der Waals surface area (Å²) in [6.07, 6.45) is 2.64. The predicted octanol–water partition coefficient (Wildman–Crippen LogP) is 5.02. The standard InChI is InChI=1S/C20H18ClNO/c1-15-18(12-13-21)20(23)22(17-10-6-3-7-11-17)19(15)14-16-8-4-2-5-9-16/h2-11,14H,12-13H2,1H3/b19-14-. The zero-order valence-electron chi connectivity index (χ0n) is 13.0. The molecule has 116 valence electrons. The van der Waals surface area contributed by atoms with E-state index in [0.29, 0.717) is 12.3 Å². The van der Waals surface area contributed by atoms with Crippen LogP contribution in [0.1, 0.15) is 18.9 Å². The average Bonchev–Trinajstić information content (AvgIpc) is 2.81. The zero-order chi connectivity index (χ0) is 16.2. The van der Waals surface area contributed by atoms with Gasteiger partial charge >= 0.3 is 0 Å². The third-order valence-corrected chi connectivity index (χ3v) is 4.19. The summed E-state index contributed by atoms with van der Waals surface area (Å²) >= 11 is 5.89. The molecule has 0 spiro atoms. The monoisotopic (exact) mass is 323 g/mol. The van der Waals surface area contributed by atoms with Crippen LogP contribution in [-0.2, 0) is 4.79 Å². The summed E-state index contributed by atoms with van der Waals surface area (Å²) in [5, 5.41) is 0. The molecule has 2 aromatic carbocycles. The van der Waals surface area contributed by atoms with Crippen molar-refractivity contribution in [3.05, 3.63) is 83.1 Å². The summed E-state index contributed by atoms with van der Waals surface area (Å²) in [4.78, 5) is 14.7. The molecule has 1 aliphatic heterocycles. The fraction of sp³-hybridized carbons (Fsp3) is 0.150. The number of alkyl halides is 1. The van der Waals surface area contributed by atoms with Gasteiger partial charge in [0.05, 0.1) is 5.70 Å². The van der Waals surface area contributed by atoms with Gasteiger partial charge in [-0.1, -0.05) is 48.5 Å². The van der Waals surface area contributed by atoms with Crippen LogP contribution in [0.5, 0.6) is 0 Å². The van der Waals surface area contributed by atoms with Crippen molar-refractivity contribution in [1.29, 1.82) is 0 Å². The predicted molar refractivity (Wildman–Crippen MR) is 96.4 cm³/mol. The summed E-state index contributed by atoms with van der Waals surface area (Å²) in [6, 6.07) is 19.8. The Balaban J connectivity index is 2.11. The van der Waals surface area contributed by atoms with E-state index in [1.165, 1.54) is 0 Å². The molecule has 3 heteroatoms. The molecule has 0 unspecified atom stereocenters. The smallest absolute Gasteiger partial charge is 0.259 e. The third kappa shape index (κ3) is 3.08. The summed E-state index contributed by atoms with van der Waals surface area (Å²) in [6.45, 7) is 2.00. The highest BCUT2D eigenvalue weighted by Crippen LogP contribution is 2.36. The van der Waals surface area contributed by atoms with Crippen molar-refractivity contribution in [1.82, 2.24) is 0 Å². The molecule has 1 heterocycles. The number of amides is 1. The number of allylic oxidation sites excluding steroid dienone is 1. The Hall–Kier alpha value is -2.32. The lowest BCUT2D eigenvalue weighted by Gasteiger charge is -2.20. The number of carbonyl (C=O) groups is 1. The van der Waals surface area contributed by atoms with Gasteiger partial charge in [-0.05, 0) is 42.7 Å². The van der Waals surface area contributed by atoms with Crippen LogP contribution in [0.15, 0.2) is 77.5 Å². The molecule has 0 N–H and O–H groups in total. The molecule has 0 bridgehead atoms. The van der Waals surface area contributed by atoms with E-state index in [9.17, 15) is 4.79 Å². The van der Waals surface area contributed by atoms with E-state index in [1.54, 1.807) is 4.90 Å². The lowest BCUT2D eigenvalue weighted by Crippen LogP contribution is -2.25. The average molecular weight is 324 g/mol. The first kappa shape index (κ1) is 15.6. The minimum atomic E-state index is 0.0246. The maximum absolute atomic E-state index is 12.9. The van der Waals surface area contributed by atoms with Crippen LogP contribution in [0.3, 0.4) is 0 Å². The van der Waals surface area contributed by atoms with Crippen LogP contribution in [0, 0.1) is 0 Å². The van der Waals surface area contributed by atoms with Crippen LogP contribution in [0.25, 0.3) is 6.08 Å². The number of halogens is 1. The lowest BCUT2D eigenvalue weighted by molar-refractivity contribution is -0.114. The number of hydrogen-bond donors (Lipinski definition) is 0. The molecule has 1 aliphatic rings. The second kappa shape index (κ2) is 6.84. The van der Waals surface area contributed by atoms with E-state index in [2.05, 4.69) is 6.08 Å². The first-order chi connectivity index (χ1) is 11.2.